The first kappa shape index (κ1) is 25.7. The van der Waals surface area contributed by atoms with E-state index in [0.717, 1.165) is 11.1 Å². The molecule has 0 N–H and O–H groups in total. The molecular formula is C25H34ClN3O3. The van der Waals surface area contributed by atoms with Gasteiger partial charge in [-0.25, -0.2) is 0 Å². The highest BCUT2D eigenvalue weighted by atomic mass is 35.5. The smallest absolute Gasteiger partial charge is 0.308 e. The Bertz CT molecular complexity index is 999. The van der Waals surface area contributed by atoms with Crippen LogP contribution in [0.2, 0.25) is 5.02 Å². The highest BCUT2D eigenvalue weighted by molar-refractivity contribution is 6.33. The van der Waals surface area contributed by atoms with Crippen molar-refractivity contribution in [3.05, 3.63) is 51.8 Å². The summed E-state index contributed by atoms with van der Waals surface area (Å²) < 4.78 is 13.4. The molecule has 0 radical (unpaired) electrons. The Morgan fingerprint density at radius 2 is 1.84 bits per heavy atom. The van der Waals surface area contributed by atoms with Crippen LogP contribution in [-0.2, 0) is 26.2 Å². The molecule has 2 rings (SSSR count). The van der Waals surface area contributed by atoms with Crippen molar-refractivity contribution in [3.8, 4) is 0 Å². The van der Waals surface area contributed by atoms with Crippen molar-refractivity contribution >= 4 is 35.1 Å². The molecule has 0 aliphatic heterocycles. The van der Waals surface area contributed by atoms with Crippen molar-refractivity contribution < 1.29 is 14.3 Å². The van der Waals surface area contributed by atoms with Crippen LogP contribution in [0.15, 0.2) is 29.3 Å². The first-order chi connectivity index (χ1) is 15.0. The average molecular weight is 460 g/mol. The number of hydrogen-bond donors (Lipinski definition) is 0. The van der Waals surface area contributed by atoms with Crippen LogP contribution in [0.25, 0.3) is 11.3 Å². The van der Waals surface area contributed by atoms with E-state index in [1.165, 1.54) is 5.56 Å². The predicted octanol–water partition coefficient (Wildman–Crippen LogP) is 6.05. The topological polar surface area (TPSA) is 65.7 Å². The van der Waals surface area contributed by atoms with Crippen LogP contribution in [0, 0.1) is 6.92 Å². The second kappa shape index (κ2) is 10.8. The van der Waals surface area contributed by atoms with Crippen molar-refractivity contribution in [3.63, 3.8) is 0 Å². The molecule has 1 heterocycles. The number of benzene rings is 1. The minimum absolute atomic E-state index is 0.0324. The Hall–Kier alpha value is -2.60. The molecule has 1 atom stereocenters. The Morgan fingerprint density at radius 1 is 1.22 bits per heavy atom. The molecule has 0 saturated carbocycles. The lowest BCUT2D eigenvalue weighted by Gasteiger charge is -2.22. The standard InChI is InChI=1S/C25H34ClN3O3/c1-9-21(30)31-17(4)32-24(23-22(26)16(3)28-29(23)10-2)20(15-27-8)18-11-13-19(14-12-18)25(5,6)7/h11-15,17H,9-10H2,1-8H3/b24-20-,27-15?. The van der Waals surface area contributed by atoms with Gasteiger partial charge in [-0.05, 0) is 30.4 Å². The number of esters is 1. The van der Waals surface area contributed by atoms with Crippen molar-refractivity contribution in [1.82, 2.24) is 9.78 Å². The van der Waals surface area contributed by atoms with E-state index in [0.29, 0.717) is 28.7 Å². The van der Waals surface area contributed by atoms with Gasteiger partial charge in [-0.2, -0.15) is 5.10 Å². The third-order valence-corrected chi connectivity index (χ3v) is 5.46. The Kier molecular flexibility index (Phi) is 8.67. The van der Waals surface area contributed by atoms with E-state index in [-0.39, 0.29) is 17.8 Å². The molecule has 2 aromatic rings. The molecule has 6 nitrogen and oxygen atoms in total. The Morgan fingerprint density at radius 3 is 2.34 bits per heavy atom. The van der Waals surface area contributed by atoms with Crippen LogP contribution in [0.4, 0.5) is 0 Å². The first-order valence-corrected chi connectivity index (χ1v) is 11.3. The number of aryl methyl sites for hydroxylation is 2. The minimum Gasteiger partial charge on any atom is -0.452 e. The lowest BCUT2D eigenvalue weighted by Crippen LogP contribution is -2.19. The van der Waals surface area contributed by atoms with Gasteiger partial charge in [0, 0.05) is 38.7 Å². The van der Waals surface area contributed by atoms with Gasteiger partial charge in [-0.1, -0.05) is 63.6 Å². The summed E-state index contributed by atoms with van der Waals surface area (Å²) in [7, 11) is 1.70. The molecule has 0 aliphatic carbocycles. The summed E-state index contributed by atoms with van der Waals surface area (Å²) in [6, 6.07) is 8.27. The summed E-state index contributed by atoms with van der Waals surface area (Å²) in [5.74, 6) is 0.117. The number of carbonyl (C=O) groups excluding carboxylic acids is 1. The van der Waals surface area contributed by atoms with Gasteiger partial charge in [-0.3, -0.25) is 14.5 Å². The van der Waals surface area contributed by atoms with Gasteiger partial charge in [0.15, 0.2) is 5.76 Å². The van der Waals surface area contributed by atoms with Crippen molar-refractivity contribution in [2.24, 2.45) is 4.99 Å². The fraction of sp³-hybridized carbons (Fsp3) is 0.480. The first-order valence-electron chi connectivity index (χ1n) is 10.9. The van der Waals surface area contributed by atoms with Crippen LogP contribution in [0.3, 0.4) is 0 Å². The lowest BCUT2D eigenvalue weighted by molar-refractivity contribution is -0.163. The SMILES string of the molecule is CCC(=O)OC(C)O/C(=C(/C=NC)c1ccc(C(C)(C)C)cc1)c1c(Cl)c(C)nn1CC. The molecule has 0 bridgehead atoms. The zero-order valence-corrected chi connectivity index (χ0v) is 21.1. The van der Waals surface area contributed by atoms with E-state index >= 15 is 0 Å². The third-order valence-electron chi connectivity index (χ3n) is 5.00. The van der Waals surface area contributed by atoms with Gasteiger partial charge in [0.05, 0.1) is 10.7 Å². The van der Waals surface area contributed by atoms with Gasteiger partial charge in [0.1, 0.15) is 5.69 Å². The maximum atomic E-state index is 11.8. The quantitative estimate of drug-likeness (QED) is 0.208. The van der Waals surface area contributed by atoms with Crippen LogP contribution < -0.4 is 0 Å². The van der Waals surface area contributed by atoms with Crippen molar-refractivity contribution in [1.29, 1.82) is 0 Å². The third kappa shape index (κ3) is 6.00. The average Bonchev–Trinajstić information content (AvgIpc) is 3.03. The second-order valence-electron chi connectivity index (χ2n) is 8.55. The summed E-state index contributed by atoms with van der Waals surface area (Å²) in [6.45, 7) is 14.4. The summed E-state index contributed by atoms with van der Waals surface area (Å²) >= 11 is 6.67. The largest absolute Gasteiger partial charge is 0.452 e. The number of hydrogen-bond acceptors (Lipinski definition) is 5. The summed E-state index contributed by atoms with van der Waals surface area (Å²) in [5, 5.41) is 5.02. The van der Waals surface area contributed by atoms with E-state index < -0.39 is 6.29 Å². The maximum Gasteiger partial charge on any atom is 0.308 e. The van der Waals surface area contributed by atoms with E-state index in [1.54, 1.807) is 31.8 Å². The number of nitrogens with zero attached hydrogens (tertiary/aromatic N) is 3. The van der Waals surface area contributed by atoms with Gasteiger partial charge < -0.3 is 9.47 Å². The zero-order chi connectivity index (χ0) is 24.1. The molecule has 0 fully saturated rings. The number of halogens is 1. The van der Waals surface area contributed by atoms with Crippen LogP contribution in [0.1, 0.15) is 70.5 Å². The van der Waals surface area contributed by atoms with Crippen LogP contribution >= 0.6 is 11.6 Å². The molecule has 1 unspecified atom stereocenters. The predicted molar refractivity (Wildman–Crippen MR) is 131 cm³/mol. The number of carbonyl (C=O) groups is 1. The van der Waals surface area contributed by atoms with Crippen molar-refractivity contribution in [2.45, 2.75) is 73.1 Å². The molecule has 0 spiro atoms. The van der Waals surface area contributed by atoms with Gasteiger partial charge in [0.2, 0.25) is 6.29 Å². The molecule has 0 saturated heterocycles. The maximum absolute atomic E-state index is 11.8. The molecule has 1 aromatic carbocycles. The molecule has 7 heteroatoms. The highest BCUT2D eigenvalue weighted by Gasteiger charge is 2.25. The number of rotatable bonds is 8. The van der Waals surface area contributed by atoms with Crippen LogP contribution in [0.5, 0.6) is 0 Å². The summed E-state index contributed by atoms with van der Waals surface area (Å²) in [5.41, 5.74) is 4.20. The summed E-state index contributed by atoms with van der Waals surface area (Å²) in [6.07, 6.45) is 1.18. The number of allylic oxidation sites excluding steroid dienone is 1. The van der Waals surface area contributed by atoms with Crippen LogP contribution in [-0.4, -0.2) is 35.3 Å². The summed E-state index contributed by atoms with van der Waals surface area (Å²) in [4.78, 5) is 16.1. The van der Waals surface area contributed by atoms with Gasteiger partial charge in [-0.15, -0.1) is 0 Å². The molecule has 0 aliphatic rings. The molecule has 1 aromatic heterocycles. The second-order valence-corrected chi connectivity index (χ2v) is 8.93. The number of aromatic nitrogens is 2. The fourth-order valence-electron chi connectivity index (χ4n) is 3.25. The van der Waals surface area contributed by atoms with E-state index in [1.807, 2.05) is 26.0 Å². The van der Waals surface area contributed by atoms with Gasteiger partial charge in [0.25, 0.3) is 0 Å². The normalized spacial score (nSPS) is 13.8. The van der Waals surface area contributed by atoms with Crippen molar-refractivity contribution in [2.75, 3.05) is 7.05 Å². The fourth-order valence-corrected chi connectivity index (χ4v) is 3.47. The zero-order valence-electron chi connectivity index (χ0n) is 20.3. The Labute approximate surface area is 196 Å². The van der Waals surface area contributed by atoms with E-state index in [9.17, 15) is 4.79 Å². The molecule has 0 amide bonds. The number of aliphatic imine (C=N–C) groups is 1. The molecule has 174 valence electrons. The molecule has 32 heavy (non-hydrogen) atoms. The highest BCUT2D eigenvalue weighted by Crippen LogP contribution is 2.35. The van der Waals surface area contributed by atoms with E-state index in [2.05, 4.69) is 43.0 Å². The Balaban J connectivity index is 2.73. The monoisotopic (exact) mass is 459 g/mol. The molecular weight excluding hydrogens is 426 g/mol. The van der Waals surface area contributed by atoms with Gasteiger partial charge >= 0.3 is 5.97 Å². The number of ether oxygens (including phenoxy) is 2. The minimum atomic E-state index is -0.817. The van der Waals surface area contributed by atoms with E-state index in [4.69, 9.17) is 21.1 Å². The lowest BCUT2D eigenvalue weighted by atomic mass is 9.86.